The van der Waals surface area contributed by atoms with Crippen molar-refractivity contribution < 1.29 is 19.4 Å². The molecule has 1 atom stereocenters. The third kappa shape index (κ3) is 4.22. The highest BCUT2D eigenvalue weighted by atomic mass is 16.6. The minimum atomic E-state index is -0.998. The molecule has 31 heavy (non-hydrogen) atoms. The molecule has 1 amide bonds. The number of hydrogen-bond donors (Lipinski definition) is 1. The van der Waals surface area contributed by atoms with Crippen LogP contribution in [0, 0.1) is 0 Å². The maximum absolute atomic E-state index is 12.8. The van der Waals surface area contributed by atoms with Gasteiger partial charge in [-0.1, -0.05) is 59.7 Å². The number of amides is 1. The van der Waals surface area contributed by atoms with Gasteiger partial charge in [-0.3, -0.25) is 4.90 Å². The zero-order valence-electron chi connectivity index (χ0n) is 18.1. The van der Waals surface area contributed by atoms with E-state index in [1.807, 2.05) is 24.3 Å². The number of hydrogen-bond acceptors (Lipinski definition) is 3. The minimum absolute atomic E-state index is 0.0451. The lowest BCUT2D eigenvalue weighted by Crippen LogP contribution is -2.43. The number of likely N-dealkylation sites (N-methyl/N-ethyl adjacent to an activating group) is 1. The van der Waals surface area contributed by atoms with E-state index in [1.54, 1.807) is 0 Å². The van der Waals surface area contributed by atoms with E-state index in [2.05, 4.69) is 31.2 Å². The van der Waals surface area contributed by atoms with Gasteiger partial charge >= 0.3 is 12.1 Å². The van der Waals surface area contributed by atoms with Crippen molar-refractivity contribution in [3.63, 3.8) is 0 Å². The SMILES string of the molecule is CC1=C(CC(C(=O)O)N(C)C(=O)OCC2c3ccccc3-c3ccccc32)CCCC1. The molecule has 2 aliphatic carbocycles. The van der Waals surface area contributed by atoms with Crippen molar-refractivity contribution >= 4 is 12.1 Å². The number of ether oxygens (including phenoxy) is 1. The Labute approximate surface area is 183 Å². The number of allylic oxidation sites excluding steroid dienone is 1. The highest BCUT2D eigenvalue weighted by Gasteiger charge is 2.32. The smallest absolute Gasteiger partial charge is 0.410 e. The van der Waals surface area contributed by atoms with E-state index in [0.29, 0.717) is 6.42 Å². The fourth-order valence-corrected chi connectivity index (χ4v) is 4.84. The van der Waals surface area contributed by atoms with Crippen LogP contribution in [0.25, 0.3) is 11.1 Å². The Hall–Kier alpha value is -3.08. The van der Waals surface area contributed by atoms with E-state index >= 15 is 0 Å². The maximum atomic E-state index is 12.8. The van der Waals surface area contributed by atoms with Crippen LogP contribution in [0.4, 0.5) is 4.79 Å². The zero-order valence-corrected chi connectivity index (χ0v) is 18.1. The Balaban J connectivity index is 1.47. The highest BCUT2D eigenvalue weighted by molar-refractivity contribution is 5.81. The largest absolute Gasteiger partial charge is 0.480 e. The molecular weight excluding hydrogens is 390 g/mol. The summed E-state index contributed by atoms with van der Waals surface area (Å²) in [5, 5.41) is 9.78. The quantitative estimate of drug-likeness (QED) is 0.619. The topological polar surface area (TPSA) is 66.8 Å². The van der Waals surface area contributed by atoms with Crippen molar-refractivity contribution in [2.45, 2.75) is 51.0 Å². The first-order chi connectivity index (χ1) is 15.0. The molecule has 2 aromatic rings. The lowest BCUT2D eigenvalue weighted by atomic mass is 9.88. The number of fused-ring (bicyclic) bond motifs is 3. The number of benzene rings is 2. The van der Waals surface area contributed by atoms with E-state index < -0.39 is 18.1 Å². The summed E-state index contributed by atoms with van der Waals surface area (Å²) in [7, 11) is 1.52. The molecule has 0 bridgehead atoms. The van der Waals surface area contributed by atoms with Crippen LogP contribution in [0.3, 0.4) is 0 Å². The van der Waals surface area contributed by atoms with Crippen molar-refractivity contribution in [3.05, 3.63) is 70.8 Å². The molecule has 0 aromatic heterocycles. The van der Waals surface area contributed by atoms with Gasteiger partial charge in [0.1, 0.15) is 12.6 Å². The van der Waals surface area contributed by atoms with Crippen molar-refractivity contribution in [1.29, 1.82) is 0 Å². The molecule has 0 aliphatic heterocycles. The highest BCUT2D eigenvalue weighted by Crippen LogP contribution is 2.44. The van der Waals surface area contributed by atoms with Crippen molar-refractivity contribution in [1.82, 2.24) is 4.90 Å². The van der Waals surface area contributed by atoms with Crippen LogP contribution in [-0.2, 0) is 9.53 Å². The molecule has 0 spiro atoms. The predicted molar refractivity (Wildman–Crippen MR) is 120 cm³/mol. The van der Waals surface area contributed by atoms with Gasteiger partial charge in [0.25, 0.3) is 0 Å². The summed E-state index contributed by atoms with van der Waals surface area (Å²) in [6.45, 7) is 2.26. The molecule has 2 aliphatic rings. The number of carboxylic acids is 1. The van der Waals surface area contributed by atoms with Gasteiger partial charge in [0, 0.05) is 13.0 Å². The normalized spacial score (nSPS) is 16.5. The van der Waals surface area contributed by atoms with Gasteiger partial charge in [-0.05, 0) is 61.3 Å². The molecule has 5 nitrogen and oxygen atoms in total. The second-order valence-corrected chi connectivity index (χ2v) is 8.56. The van der Waals surface area contributed by atoms with E-state index in [-0.39, 0.29) is 12.5 Å². The summed E-state index contributed by atoms with van der Waals surface area (Å²) >= 11 is 0. The van der Waals surface area contributed by atoms with Crippen molar-refractivity contribution in [2.24, 2.45) is 0 Å². The van der Waals surface area contributed by atoms with Gasteiger partial charge in [-0.2, -0.15) is 0 Å². The first-order valence-corrected chi connectivity index (χ1v) is 11.0. The van der Waals surface area contributed by atoms with Gasteiger partial charge in [0.05, 0.1) is 0 Å². The second-order valence-electron chi connectivity index (χ2n) is 8.56. The molecular formula is C26H29NO4. The summed E-state index contributed by atoms with van der Waals surface area (Å²) in [6.07, 6.45) is 3.92. The first kappa shape index (κ1) is 21.2. The van der Waals surface area contributed by atoms with E-state index in [4.69, 9.17) is 4.74 Å². The molecule has 4 rings (SSSR count). The fraction of sp³-hybridized carbons (Fsp3) is 0.385. The summed E-state index contributed by atoms with van der Waals surface area (Å²) in [4.78, 5) is 26.0. The third-order valence-corrected chi connectivity index (χ3v) is 6.70. The molecule has 1 unspecified atom stereocenters. The zero-order chi connectivity index (χ0) is 22.0. The Morgan fingerprint density at radius 1 is 1.03 bits per heavy atom. The third-order valence-electron chi connectivity index (χ3n) is 6.70. The Bertz CT molecular complexity index is 980. The molecule has 1 N–H and O–H groups in total. The first-order valence-electron chi connectivity index (χ1n) is 11.0. The van der Waals surface area contributed by atoms with Gasteiger partial charge in [-0.25, -0.2) is 9.59 Å². The molecule has 0 saturated heterocycles. The average molecular weight is 420 g/mol. The lowest BCUT2D eigenvalue weighted by molar-refractivity contribution is -0.142. The number of carbonyl (C=O) groups excluding carboxylic acids is 1. The molecule has 0 radical (unpaired) electrons. The van der Waals surface area contributed by atoms with Gasteiger partial charge in [0.15, 0.2) is 0 Å². The Morgan fingerprint density at radius 2 is 1.61 bits per heavy atom. The maximum Gasteiger partial charge on any atom is 0.410 e. The lowest BCUT2D eigenvalue weighted by Gasteiger charge is -2.28. The number of carboxylic acid groups (broad SMARTS) is 1. The fourth-order valence-electron chi connectivity index (χ4n) is 4.84. The number of rotatable bonds is 6. The summed E-state index contributed by atoms with van der Waals surface area (Å²) in [6, 6.07) is 15.4. The van der Waals surface area contributed by atoms with Crippen LogP contribution < -0.4 is 0 Å². The van der Waals surface area contributed by atoms with Crippen LogP contribution in [0.2, 0.25) is 0 Å². The van der Waals surface area contributed by atoms with E-state index in [9.17, 15) is 14.7 Å². The van der Waals surface area contributed by atoms with Gasteiger partial charge in [0.2, 0.25) is 0 Å². The van der Waals surface area contributed by atoms with Gasteiger partial charge in [-0.15, -0.1) is 0 Å². The van der Waals surface area contributed by atoms with Crippen LogP contribution in [0.15, 0.2) is 59.7 Å². The second kappa shape index (κ2) is 8.96. The number of aliphatic carboxylic acids is 1. The molecule has 0 saturated carbocycles. The number of carbonyl (C=O) groups is 2. The summed E-state index contributed by atoms with van der Waals surface area (Å²) in [5.41, 5.74) is 7.02. The van der Waals surface area contributed by atoms with E-state index in [0.717, 1.165) is 53.5 Å². The number of nitrogens with zero attached hydrogens (tertiary/aromatic N) is 1. The summed E-state index contributed by atoms with van der Waals surface area (Å²) in [5.74, 6) is -1.04. The monoisotopic (exact) mass is 419 g/mol. The molecule has 0 heterocycles. The van der Waals surface area contributed by atoms with Crippen molar-refractivity contribution in [2.75, 3.05) is 13.7 Å². The van der Waals surface area contributed by atoms with Crippen molar-refractivity contribution in [3.8, 4) is 11.1 Å². The van der Waals surface area contributed by atoms with Gasteiger partial charge < -0.3 is 9.84 Å². The van der Waals surface area contributed by atoms with E-state index in [1.165, 1.54) is 17.5 Å². The van der Waals surface area contributed by atoms with Crippen LogP contribution >= 0.6 is 0 Å². The molecule has 2 aromatic carbocycles. The Morgan fingerprint density at radius 3 is 2.19 bits per heavy atom. The minimum Gasteiger partial charge on any atom is -0.480 e. The van der Waals surface area contributed by atoms with Crippen LogP contribution in [-0.4, -0.2) is 41.8 Å². The molecule has 5 heteroatoms. The molecule has 0 fully saturated rings. The standard InChI is InChI=1S/C26H29NO4/c1-17-9-3-4-10-18(17)15-24(25(28)29)27(2)26(30)31-16-23-21-13-7-5-11-19(21)20-12-6-8-14-22(20)23/h5-8,11-14,23-24H,3-4,9-10,15-16H2,1-2H3,(H,28,29). The predicted octanol–water partition coefficient (Wildman–Crippen LogP) is 5.60. The van der Waals surface area contributed by atoms with Crippen LogP contribution in [0.1, 0.15) is 56.1 Å². The average Bonchev–Trinajstić information content (AvgIpc) is 3.10. The molecule has 162 valence electrons. The van der Waals surface area contributed by atoms with Crippen LogP contribution in [0.5, 0.6) is 0 Å². The Kier molecular flexibility index (Phi) is 6.12. The summed E-state index contributed by atoms with van der Waals surface area (Å²) < 4.78 is 5.66.